The van der Waals surface area contributed by atoms with Crippen molar-refractivity contribution in [1.82, 2.24) is 10.2 Å². The predicted molar refractivity (Wildman–Crippen MR) is 89.5 cm³/mol. The molecule has 6 nitrogen and oxygen atoms in total. The van der Waals surface area contributed by atoms with E-state index < -0.39 is 6.10 Å². The molecule has 2 atom stereocenters. The van der Waals surface area contributed by atoms with E-state index in [9.17, 15) is 9.90 Å². The fraction of sp³-hybridized carbons (Fsp3) is 0.611. The van der Waals surface area contributed by atoms with Crippen LogP contribution in [0.2, 0.25) is 0 Å². The van der Waals surface area contributed by atoms with Gasteiger partial charge < -0.3 is 24.5 Å². The lowest BCUT2D eigenvalue weighted by molar-refractivity contribution is -0.00962. The van der Waals surface area contributed by atoms with Crippen LogP contribution in [0.3, 0.4) is 0 Å². The Morgan fingerprint density at radius 1 is 1.50 bits per heavy atom. The second-order valence-corrected chi connectivity index (χ2v) is 6.43. The number of amides is 2. The number of aliphatic hydroxyl groups excluding tert-OH is 1. The fourth-order valence-electron chi connectivity index (χ4n) is 3.37. The average molecular weight is 334 g/mol. The number of ether oxygens (including phenoxy) is 1. The molecule has 2 N–H and O–H groups in total. The summed E-state index contributed by atoms with van der Waals surface area (Å²) in [5, 5.41) is 13.3. The summed E-state index contributed by atoms with van der Waals surface area (Å²) in [6.07, 6.45) is 7.99. The molecule has 0 unspecified atom stereocenters. The number of allylic oxidation sites excluding steroid dienone is 1. The van der Waals surface area contributed by atoms with Crippen molar-refractivity contribution < 1.29 is 19.1 Å². The van der Waals surface area contributed by atoms with E-state index in [0.29, 0.717) is 38.5 Å². The van der Waals surface area contributed by atoms with Crippen LogP contribution in [0.5, 0.6) is 0 Å². The van der Waals surface area contributed by atoms with Crippen molar-refractivity contribution in [2.24, 2.45) is 0 Å². The van der Waals surface area contributed by atoms with Gasteiger partial charge in [-0.2, -0.15) is 0 Å². The van der Waals surface area contributed by atoms with Crippen LogP contribution in [0.25, 0.3) is 0 Å². The van der Waals surface area contributed by atoms with E-state index in [2.05, 4.69) is 11.4 Å². The Hall–Kier alpha value is -1.79. The second kappa shape index (κ2) is 8.35. The third-order valence-electron chi connectivity index (χ3n) is 4.71. The van der Waals surface area contributed by atoms with Crippen LogP contribution >= 0.6 is 0 Å². The van der Waals surface area contributed by atoms with Gasteiger partial charge in [-0.1, -0.05) is 11.6 Å². The Labute approximate surface area is 142 Å². The van der Waals surface area contributed by atoms with Gasteiger partial charge in [-0.25, -0.2) is 4.79 Å². The minimum atomic E-state index is -0.731. The minimum Gasteiger partial charge on any atom is -0.467 e. The number of hydrogen-bond acceptors (Lipinski definition) is 4. The lowest BCUT2D eigenvalue weighted by atomic mass is 10.1. The van der Waals surface area contributed by atoms with Crippen molar-refractivity contribution in [2.75, 3.05) is 26.3 Å². The number of carbonyl (C=O) groups is 1. The molecule has 1 aliphatic heterocycles. The highest BCUT2D eigenvalue weighted by Crippen LogP contribution is 2.23. The topological polar surface area (TPSA) is 74.9 Å². The van der Waals surface area contributed by atoms with E-state index in [1.54, 1.807) is 17.0 Å². The van der Waals surface area contributed by atoms with Gasteiger partial charge in [-0.15, -0.1) is 0 Å². The van der Waals surface area contributed by atoms with Gasteiger partial charge >= 0.3 is 6.03 Å². The third kappa shape index (κ3) is 4.39. The summed E-state index contributed by atoms with van der Waals surface area (Å²) in [6, 6.07) is 3.27. The quantitative estimate of drug-likeness (QED) is 0.784. The molecule has 3 rings (SSSR count). The minimum absolute atomic E-state index is 0.0754. The van der Waals surface area contributed by atoms with E-state index >= 15 is 0 Å². The molecular weight excluding hydrogens is 308 g/mol. The third-order valence-corrected chi connectivity index (χ3v) is 4.71. The lowest BCUT2D eigenvalue weighted by Gasteiger charge is -2.36. The summed E-state index contributed by atoms with van der Waals surface area (Å²) < 4.78 is 10.7. The van der Waals surface area contributed by atoms with Crippen LogP contribution in [-0.4, -0.2) is 48.4 Å². The Morgan fingerprint density at radius 2 is 2.42 bits per heavy atom. The van der Waals surface area contributed by atoms with Crippen LogP contribution < -0.4 is 5.32 Å². The fourth-order valence-corrected chi connectivity index (χ4v) is 3.37. The molecule has 0 spiro atoms. The van der Waals surface area contributed by atoms with Crippen molar-refractivity contribution >= 4 is 6.03 Å². The molecule has 0 radical (unpaired) electrons. The Balaban J connectivity index is 1.50. The van der Waals surface area contributed by atoms with Crippen LogP contribution in [0.1, 0.15) is 44.0 Å². The molecule has 6 heteroatoms. The number of aliphatic hydroxyl groups is 1. The molecule has 1 fully saturated rings. The molecule has 1 aromatic heterocycles. The Bertz CT molecular complexity index is 555. The first kappa shape index (κ1) is 17.0. The summed E-state index contributed by atoms with van der Waals surface area (Å²) in [5.41, 5.74) is 1.45. The summed E-state index contributed by atoms with van der Waals surface area (Å²) in [5.74, 6) is 0.522. The van der Waals surface area contributed by atoms with Gasteiger partial charge in [0.15, 0.2) is 0 Å². The van der Waals surface area contributed by atoms with Crippen LogP contribution in [0, 0.1) is 0 Å². The normalized spacial score (nSPS) is 22.3. The summed E-state index contributed by atoms with van der Waals surface area (Å²) >= 11 is 0. The maximum absolute atomic E-state index is 12.5. The number of nitrogens with zero attached hydrogens (tertiary/aromatic N) is 1. The van der Waals surface area contributed by atoms with Gasteiger partial charge in [-0.05, 0) is 37.8 Å². The van der Waals surface area contributed by atoms with Gasteiger partial charge in [0, 0.05) is 19.5 Å². The van der Waals surface area contributed by atoms with Gasteiger partial charge in [0.25, 0.3) is 0 Å². The predicted octanol–water partition coefficient (Wildman–Crippen LogP) is 2.61. The first-order valence-corrected chi connectivity index (χ1v) is 8.75. The van der Waals surface area contributed by atoms with Crippen molar-refractivity contribution in [3.63, 3.8) is 0 Å². The monoisotopic (exact) mass is 334 g/mol. The van der Waals surface area contributed by atoms with Crippen LogP contribution in [-0.2, 0) is 4.74 Å². The molecule has 132 valence electrons. The smallest absolute Gasteiger partial charge is 0.317 e. The molecule has 0 aromatic carbocycles. The van der Waals surface area contributed by atoms with E-state index in [0.717, 1.165) is 12.8 Å². The molecule has 1 aromatic rings. The zero-order valence-corrected chi connectivity index (χ0v) is 13.9. The average Bonchev–Trinajstić information content (AvgIpc) is 3.29. The molecule has 24 heavy (non-hydrogen) atoms. The number of furan rings is 1. The van der Waals surface area contributed by atoms with E-state index in [-0.39, 0.29) is 12.1 Å². The van der Waals surface area contributed by atoms with E-state index in [1.807, 2.05) is 0 Å². The molecule has 1 aliphatic carbocycles. The van der Waals surface area contributed by atoms with Gasteiger partial charge in [0.05, 0.1) is 25.5 Å². The molecule has 2 heterocycles. The van der Waals surface area contributed by atoms with Crippen molar-refractivity contribution in [3.05, 3.63) is 35.8 Å². The summed E-state index contributed by atoms with van der Waals surface area (Å²) in [7, 11) is 0. The molecular formula is C18H26N2O4. The summed E-state index contributed by atoms with van der Waals surface area (Å²) in [6.45, 7) is 2.18. The number of carbonyl (C=O) groups excluding carboxylic acids is 1. The number of urea groups is 1. The van der Waals surface area contributed by atoms with E-state index in [4.69, 9.17) is 9.15 Å². The highest BCUT2D eigenvalue weighted by atomic mass is 16.5. The zero-order valence-electron chi connectivity index (χ0n) is 13.9. The molecule has 0 bridgehead atoms. The summed E-state index contributed by atoms with van der Waals surface area (Å²) in [4.78, 5) is 14.3. The first-order chi connectivity index (χ1) is 11.7. The van der Waals surface area contributed by atoms with Crippen LogP contribution in [0.15, 0.2) is 34.5 Å². The van der Waals surface area contributed by atoms with Crippen molar-refractivity contribution in [2.45, 2.75) is 44.2 Å². The van der Waals surface area contributed by atoms with Crippen LogP contribution in [0.4, 0.5) is 4.79 Å². The standard InChI is InChI=1S/C18H26N2O4/c21-16(17-6-3-10-24-17)12-15-13-23-11-9-20(15)18(22)19-8-7-14-4-1-2-5-14/h3-4,6,10,15-16,21H,1-2,5,7-9,11-13H2,(H,19,22)/t15-,16-/m0/s1. The highest BCUT2D eigenvalue weighted by molar-refractivity contribution is 5.74. The Morgan fingerprint density at radius 3 is 3.17 bits per heavy atom. The Kier molecular flexibility index (Phi) is 5.93. The molecule has 1 saturated heterocycles. The van der Waals surface area contributed by atoms with Gasteiger partial charge in [0.2, 0.25) is 0 Å². The maximum atomic E-state index is 12.5. The second-order valence-electron chi connectivity index (χ2n) is 6.43. The van der Waals surface area contributed by atoms with Gasteiger partial charge in [-0.3, -0.25) is 0 Å². The largest absolute Gasteiger partial charge is 0.467 e. The van der Waals surface area contributed by atoms with Gasteiger partial charge in [0.1, 0.15) is 11.9 Å². The maximum Gasteiger partial charge on any atom is 0.317 e. The number of nitrogens with one attached hydrogen (secondary N) is 1. The molecule has 2 aliphatic rings. The SMILES string of the molecule is O=C(NCCC1=CCCC1)N1CCOC[C@@H]1C[C@H](O)c1ccco1. The van der Waals surface area contributed by atoms with E-state index in [1.165, 1.54) is 24.7 Å². The number of hydrogen-bond donors (Lipinski definition) is 2. The molecule has 0 saturated carbocycles. The lowest BCUT2D eigenvalue weighted by Crippen LogP contribution is -2.53. The van der Waals surface area contributed by atoms with Crippen molar-refractivity contribution in [1.29, 1.82) is 0 Å². The van der Waals surface area contributed by atoms with Crippen molar-refractivity contribution in [3.8, 4) is 0 Å². The highest BCUT2D eigenvalue weighted by Gasteiger charge is 2.30. The molecule has 2 amide bonds. The zero-order chi connectivity index (χ0) is 16.8. The number of morpholine rings is 1. The number of rotatable bonds is 6. The first-order valence-electron chi connectivity index (χ1n) is 8.75.